The second-order valence-corrected chi connectivity index (χ2v) is 17.1. The third-order valence-electron chi connectivity index (χ3n) is 11.4. The molecule has 0 spiro atoms. The molecule has 0 aromatic rings. The minimum atomic E-state index is -0.757. The quantitative estimate of drug-likeness (QED) is 0.0347. The van der Waals surface area contributed by atoms with Crippen LogP contribution in [0, 0.1) is 0 Å². The van der Waals surface area contributed by atoms with Crippen LogP contribution in [-0.4, -0.2) is 37.2 Å². The van der Waals surface area contributed by atoms with Gasteiger partial charge in [0.1, 0.15) is 13.2 Å². The number of esters is 3. The van der Waals surface area contributed by atoms with Gasteiger partial charge in [-0.3, -0.25) is 14.4 Å². The average Bonchev–Trinajstić information content (AvgIpc) is 3.19. The molecule has 0 radical (unpaired) electrons. The van der Waals surface area contributed by atoms with Gasteiger partial charge in [0.2, 0.25) is 0 Å². The fourth-order valence-electron chi connectivity index (χ4n) is 7.56. The van der Waals surface area contributed by atoms with Gasteiger partial charge in [0.25, 0.3) is 0 Å². The predicted octanol–water partition coefficient (Wildman–Crippen LogP) is 16.0. The molecule has 0 aliphatic carbocycles. The number of hydrogen-bond acceptors (Lipinski definition) is 6. The lowest BCUT2D eigenvalue weighted by atomic mass is 10.0. The Morgan fingerprint density at radius 1 is 0.286 bits per heavy atom. The van der Waals surface area contributed by atoms with Crippen molar-refractivity contribution in [2.75, 3.05) is 13.2 Å². The van der Waals surface area contributed by atoms with E-state index in [1.807, 2.05) is 0 Å². The summed E-state index contributed by atoms with van der Waals surface area (Å²) in [5.41, 5.74) is 0. The first kappa shape index (κ1) is 54.4. The smallest absolute Gasteiger partial charge is 0.306 e. The van der Waals surface area contributed by atoms with Crippen LogP contribution in [0.25, 0.3) is 0 Å². The van der Waals surface area contributed by atoms with E-state index in [1.165, 1.54) is 180 Å². The van der Waals surface area contributed by atoms with Gasteiger partial charge >= 0.3 is 17.9 Å². The molecule has 1 atom stereocenters. The molecule has 0 aliphatic heterocycles. The van der Waals surface area contributed by atoms with Crippen molar-refractivity contribution < 1.29 is 28.6 Å². The molecule has 0 aromatic heterocycles. The van der Waals surface area contributed by atoms with E-state index in [9.17, 15) is 14.4 Å². The summed E-state index contributed by atoms with van der Waals surface area (Å²) < 4.78 is 16.7. The molecule has 0 amide bonds. The molecule has 0 aliphatic rings. The van der Waals surface area contributed by atoms with E-state index in [0.717, 1.165) is 64.2 Å². The molecule has 0 unspecified atom stereocenters. The molecular weight excluding hydrogens is 697 g/mol. The van der Waals surface area contributed by atoms with Crippen molar-refractivity contribution >= 4 is 17.9 Å². The fraction of sp³-hybridized carbons (Fsp3) is 0.940. The van der Waals surface area contributed by atoms with Crippen molar-refractivity contribution in [3.63, 3.8) is 0 Å². The number of carbonyl (C=O) groups excluding carboxylic acids is 3. The van der Waals surface area contributed by atoms with Gasteiger partial charge in [-0.2, -0.15) is 0 Å². The minimum Gasteiger partial charge on any atom is -0.462 e. The second kappa shape index (κ2) is 46.1. The van der Waals surface area contributed by atoms with Crippen molar-refractivity contribution in [2.45, 2.75) is 290 Å². The fourth-order valence-corrected chi connectivity index (χ4v) is 7.56. The van der Waals surface area contributed by atoms with Gasteiger partial charge < -0.3 is 14.2 Å². The number of unbranched alkanes of at least 4 members (excludes halogenated alkanes) is 35. The molecule has 56 heavy (non-hydrogen) atoms. The van der Waals surface area contributed by atoms with E-state index >= 15 is 0 Å². The Labute approximate surface area is 348 Å². The van der Waals surface area contributed by atoms with Gasteiger partial charge in [-0.25, -0.2) is 0 Å². The summed E-state index contributed by atoms with van der Waals surface area (Å²) in [6, 6.07) is 0. The van der Waals surface area contributed by atoms with Crippen LogP contribution in [0.15, 0.2) is 0 Å². The highest BCUT2D eigenvalue weighted by atomic mass is 16.6. The number of rotatable bonds is 46. The van der Waals surface area contributed by atoms with Crippen LogP contribution in [0.3, 0.4) is 0 Å². The maximum atomic E-state index is 12.7. The molecule has 6 heteroatoms. The molecule has 6 nitrogen and oxygen atoms in total. The van der Waals surface area contributed by atoms with E-state index in [1.54, 1.807) is 0 Å². The molecular formula is C50H96O6. The van der Waals surface area contributed by atoms with Gasteiger partial charge in [-0.05, 0) is 19.3 Å². The van der Waals surface area contributed by atoms with Crippen LogP contribution in [0.2, 0.25) is 0 Å². The second-order valence-electron chi connectivity index (χ2n) is 17.1. The Hall–Kier alpha value is -1.59. The zero-order valence-corrected chi connectivity index (χ0v) is 37.9. The van der Waals surface area contributed by atoms with Gasteiger partial charge in [0.15, 0.2) is 6.10 Å². The largest absolute Gasteiger partial charge is 0.462 e. The molecule has 0 heterocycles. The first-order chi connectivity index (χ1) is 27.5. The third-order valence-corrected chi connectivity index (χ3v) is 11.4. The van der Waals surface area contributed by atoms with E-state index < -0.39 is 6.10 Å². The highest BCUT2D eigenvalue weighted by Gasteiger charge is 2.19. The van der Waals surface area contributed by atoms with E-state index in [0.29, 0.717) is 19.3 Å². The Balaban J connectivity index is 4.09. The van der Waals surface area contributed by atoms with Gasteiger partial charge in [-0.1, -0.05) is 245 Å². The maximum Gasteiger partial charge on any atom is 0.306 e. The first-order valence-electron chi connectivity index (χ1n) is 25.0. The van der Waals surface area contributed by atoms with Crippen LogP contribution < -0.4 is 0 Å². The molecule has 0 saturated heterocycles. The number of hydrogen-bond donors (Lipinski definition) is 0. The van der Waals surface area contributed by atoms with Gasteiger partial charge in [0, 0.05) is 19.3 Å². The molecule has 0 N–H and O–H groups in total. The lowest BCUT2D eigenvalue weighted by Gasteiger charge is -2.18. The third kappa shape index (κ3) is 43.5. The summed E-state index contributed by atoms with van der Waals surface area (Å²) in [7, 11) is 0. The van der Waals surface area contributed by atoms with Crippen LogP contribution >= 0.6 is 0 Å². The molecule has 0 aromatic carbocycles. The molecule has 0 rings (SSSR count). The Morgan fingerprint density at radius 2 is 0.482 bits per heavy atom. The summed E-state index contributed by atoms with van der Waals surface area (Å²) >= 11 is 0. The van der Waals surface area contributed by atoms with E-state index in [2.05, 4.69) is 20.8 Å². The van der Waals surface area contributed by atoms with Crippen molar-refractivity contribution in [2.24, 2.45) is 0 Å². The molecule has 0 saturated carbocycles. The molecule has 0 fully saturated rings. The van der Waals surface area contributed by atoms with E-state index in [4.69, 9.17) is 14.2 Å². The zero-order valence-electron chi connectivity index (χ0n) is 37.9. The standard InChI is InChI=1S/C50H96O6/c1-4-7-10-13-15-17-19-21-23-24-25-26-27-29-30-32-34-37-40-43-49(52)55-46-47(45-54-48(51)42-39-36-12-9-6-3)56-50(53)44-41-38-35-33-31-28-22-20-18-16-14-11-8-5-2/h47H,4-46H2,1-3H3/t47-/m1/s1. The van der Waals surface area contributed by atoms with Crippen molar-refractivity contribution in [1.82, 2.24) is 0 Å². The minimum absolute atomic E-state index is 0.0633. The van der Waals surface area contributed by atoms with Crippen molar-refractivity contribution in [1.29, 1.82) is 0 Å². The topological polar surface area (TPSA) is 78.9 Å². The Kier molecular flexibility index (Phi) is 44.8. The van der Waals surface area contributed by atoms with Gasteiger partial charge in [0.05, 0.1) is 0 Å². The normalized spacial score (nSPS) is 11.8. The molecule has 0 bridgehead atoms. The SMILES string of the molecule is CCCCCCCCCCCCCCCCCCCCCC(=O)OC[C@@H](COC(=O)CCCCCCC)OC(=O)CCCCCCCCCCCCCCCC. The van der Waals surface area contributed by atoms with Crippen molar-refractivity contribution in [3.8, 4) is 0 Å². The lowest BCUT2D eigenvalue weighted by molar-refractivity contribution is -0.167. The Morgan fingerprint density at radius 3 is 0.714 bits per heavy atom. The zero-order chi connectivity index (χ0) is 40.8. The van der Waals surface area contributed by atoms with Crippen molar-refractivity contribution in [3.05, 3.63) is 0 Å². The van der Waals surface area contributed by atoms with Gasteiger partial charge in [-0.15, -0.1) is 0 Å². The molecule has 332 valence electrons. The maximum absolute atomic E-state index is 12.7. The lowest BCUT2D eigenvalue weighted by Crippen LogP contribution is -2.30. The summed E-state index contributed by atoms with van der Waals surface area (Å²) in [5.74, 6) is -0.860. The van der Waals surface area contributed by atoms with E-state index in [-0.39, 0.29) is 31.1 Å². The summed E-state index contributed by atoms with van der Waals surface area (Å²) in [4.78, 5) is 37.6. The Bertz CT molecular complexity index is 828. The summed E-state index contributed by atoms with van der Waals surface area (Å²) in [6.45, 7) is 6.60. The number of carbonyl (C=O) groups is 3. The summed E-state index contributed by atoms with van der Waals surface area (Å²) in [6.07, 6.45) is 48.4. The predicted molar refractivity (Wildman–Crippen MR) is 238 cm³/mol. The monoisotopic (exact) mass is 793 g/mol. The first-order valence-corrected chi connectivity index (χ1v) is 25.0. The van der Waals surface area contributed by atoms with Crippen LogP contribution in [-0.2, 0) is 28.6 Å². The average molecular weight is 793 g/mol. The summed E-state index contributed by atoms with van der Waals surface area (Å²) in [5, 5.41) is 0. The highest BCUT2D eigenvalue weighted by molar-refractivity contribution is 5.71. The van der Waals surface area contributed by atoms with Crippen LogP contribution in [0.5, 0.6) is 0 Å². The van der Waals surface area contributed by atoms with Crippen LogP contribution in [0.1, 0.15) is 284 Å². The highest BCUT2D eigenvalue weighted by Crippen LogP contribution is 2.17. The number of ether oxygens (including phenoxy) is 3. The van der Waals surface area contributed by atoms with Crippen LogP contribution in [0.4, 0.5) is 0 Å².